The van der Waals surface area contributed by atoms with Gasteiger partial charge in [-0.3, -0.25) is 0 Å². The van der Waals surface area contributed by atoms with Crippen LogP contribution in [0.3, 0.4) is 0 Å². The van der Waals surface area contributed by atoms with Crippen LogP contribution in [-0.4, -0.2) is 48.0 Å². The van der Waals surface area contributed by atoms with Crippen molar-refractivity contribution >= 4 is 5.71 Å². The van der Waals surface area contributed by atoms with Gasteiger partial charge in [-0.1, -0.05) is 86.3 Å². The highest BCUT2D eigenvalue weighted by Gasteiger charge is 2.50. The molecule has 0 saturated heterocycles. The van der Waals surface area contributed by atoms with E-state index in [4.69, 9.17) is 9.57 Å². The van der Waals surface area contributed by atoms with Gasteiger partial charge in [0.2, 0.25) is 0 Å². The minimum atomic E-state index is -0.641. The monoisotopic (exact) mass is 519 g/mol. The van der Waals surface area contributed by atoms with E-state index in [9.17, 15) is 10.2 Å². The molecule has 2 N–H and O–H groups in total. The second kappa shape index (κ2) is 13.1. The van der Waals surface area contributed by atoms with Gasteiger partial charge in [0.15, 0.2) is 0 Å². The average molecular weight is 520 g/mol. The smallest absolute Gasteiger partial charge is 0.135 e. The van der Waals surface area contributed by atoms with E-state index in [0.29, 0.717) is 50.4 Å². The van der Waals surface area contributed by atoms with Gasteiger partial charge in [-0.25, -0.2) is 0 Å². The average Bonchev–Trinajstić information content (AvgIpc) is 3.27. The molecule has 0 unspecified atom stereocenters. The molecule has 0 aromatic heterocycles. The van der Waals surface area contributed by atoms with Crippen molar-refractivity contribution in [3.05, 3.63) is 84.0 Å². The van der Waals surface area contributed by atoms with E-state index in [0.717, 1.165) is 28.8 Å². The van der Waals surface area contributed by atoms with E-state index in [1.807, 2.05) is 30.3 Å². The zero-order valence-electron chi connectivity index (χ0n) is 23.1. The summed E-state index contributed by atoms with van der Waals surface area (Å²) in [6.45, 7) is 14.1. The van der Waals surface area contributed by atoms with E-state index < -0.39 is 12.2 Å². The van der Waals surface area contributed by atoms with E-state index in [-0.39, 0.29) is 5.41 Å². The Bertz CT molecular complexity index is 1060. The Morgan fingerprint density at radius 2 is 2.00 bits per heavy atom. The fraction of sp³-hybridized carbons (Fsp3) is 0.545. The van der Waals surface area contributed by atoms with Crippen molar-refractivity contribution < 1.29 is 19.8 Å². The lowest BCUT2D eigenvalue weighted by molar-refractivity contribution is 0.0450. The lowest BCUT2D eigenvalue weighted by Gasteiger charge is -2.44. The van der Waals surface area contributed by atoms with Crippen molar-refractivity contribution in [1.29, 1.82) is 0 Å². The largest absolute Gasteiger partial charge is 0.393 e. The maximum absolute atomic E-state index is 10.2. The van der Waals surface area contributed by atoms with Gasteiger partial charge in [-0.2, -0.15) is 0 Å². The third-order valence-corrected chi connectivity index (χ3v) is 9.08. The van der Waals surface area contributed by atoms with Crippen molar-refractivity contribution in [2.24, 2.45) is 28.3 Å². The number of ether oxygens (including phenoxy) is 1. The summed E-state index contributed by atoms with van der Waals surface area (Å²) < 4.78 is 6.25. The van der Waals surface area contributed by atoms with Crippen molar-refractivity contribution in [2.75, 3.05) is 19.8 Å². The van der Waals surface area contributed by atoms with Gasteiger partial charge >= 0.3 is 0 Å². The van der Waals surface area contributed by atoms with Gasteiger partial charge in [0.1, 0.15) is 12.3 Å². The summed E-state index contributed by atoms with van der Waals surface area (Å²) in [5, 5.41) is 24.6. The first-order valence-electron chi connectivity index (χ1n) is 14.2. The molecule has 1 aromatic rings. The first-order valence-corrected chi connectivity index (χ1v) is 14.2. The molecule has 3 fully saturated rings. The second-order valence-corrected chi connectivity index (χ2v) is 11.6. The molecule has 38 heavy (non-hydrogen) atoms. The predicted molar refractivity (Wildman–Crippen MR) is 154 cm³/mol. The van der Waals surface area contributed by atoms with Crippen molar-refractivity contribution in [1.82, 2.24) is 0 Å². The van der Waals surface area contributed by atoms with Crippen LogP contribution in [0.25, 0.3) is 0 Å². The van der Waals surface area contributed by atoms with Gasteiger partial charge in [-0.05, 0) is 72.8 Å². The molecule has 0 spiro atoms. The molecule has 1 aromatic carbocycles. The maximum Gasteiger partial charge on any atom is 0.135 e. The molecule has 6 atom stereocenters. The summed E-state index contributed by atoms with van der Waals surface area (Å²) in [4.78, 5) is 5.39. The molecule has 0 amide bonds. The van der Waals surface area contributed by atoms with Crippen LogP contribution in [-0.2, 0) is 9.57 Å². The highest BCUT2D eigenvalue weighted by Crippen LogP contribution is 2.59. The molecule has 4 rings (SSSR count). The summed E-state index contributed by atoms with van der Waals surface area (Å²) in [6.07, 6.45) is 11.9. The molecule has 3 aliphatic rings. The number of rotatable bonds is 10. The zero-order chi connectivity index (χ0) is 27.1. The topological polar surface area (TPSA) is 71.3 Å². The van der Waals surface area contributed by atoms with Gasteiger partial charge in [-0.15, -0.1) is 0 Å². The van der Waals surface area contributed by atoms with Crippen LogP contribution in [0.2, 0.25) is 0 Å². The minimum absolute atomic E-state index is 0.261. The van der Waals surface area contributed by atoms with Crippen LogP contribution in [0, 0.1) is 23.2 Å². The Hall–Kier alpha value is -2.47. The molecule has 0 radical (unpaired) electrons. The fourth-order valence-electron chi connectivity index (χ4n) is 7.10. The quantitative estimate of drug-likeness (QED) is 0.163. The molecule has 3 saturated carbocycles. The molecule has 5 heteroatoms. The van der Waals surface area contributed by atoms with E-state index >= 15 is 0 Å². The highest BCUT2D eigenvalue weighted by atomic mass is 16.6. The highest BCUT2D eigenvalue weighted by molar-refractivity contribution is 6.01. The van der Waals surface area contributed by atoms with Crippen molar-refractivity contribution in [3.63, 3.8) is 0 Å². The predicted octanol–water partition coefficient (Wildman–Crippen LogP) is 6.39. The summed E-state index contributed by atoms with van der Waals surface area (Å²) >= 11 is 0. The van der Waals surface area contributed by atoms with Crippen LogP contribution in [0.1, 0.15) is 64.4 Å². The molecule has 0 aliphatic heterocycles. The van der Waals surface area contributed by atoms with Crippen LogP contribution in [0.4, 0.5) is 0 Å². The maximum atomic E-state index is 10.2. The Morgan fingerprint density at radius 3 is 2.76 bits per heavy atom. The SMILES string of the molecule is C=CCO/N=C(/COC[C@@H](C)[C@H]1CC[C@H]2/C(=C/C=C3/C[C@@H](O)C[C@H](O)C3=C)CCC[C@]12C)c1ccccc1. The Morgan fingerprint density at radius 1 is 1.21 bits per heavy atom. The Kier molecular flexibility index (Phi) is 9.80. The summed E-state index contributed by atoms with van der Waals surface area (Å²) in [7, 11) is 0. The van der Waals surface area contributed by atoms with Crippen LogP contribution >= 0.6 is 0 Å². The number of benzene rings is 1. The fourth-order valence-corrected chi connectivity index (χ4v) is 7.10. The third kappa shape index (κ3) is 6.56. The number of allylic oxidation sites excluding steroid dienone is 3. The van der Waals surface area contributed by atoms with E-state index in [1.165, 1.54) is 31.3 Å². The summed E-state index contributed by atoms with van der Waals surface area (Å²) in [5.41, 5.74) is 5.33. The number of nitrogens with zero attached hydrogens (tertiary/aromatic N) is 1. The third-order valence-electron chi connectivity index (χ3n) is 9.08. The molecule has 0 bridgehead atoms. The number of hydrogen-bond donors (Lipinski definition) is 2. The number of oxime groups is 1. The lowest BCUT2D eigenvalue weighted by atomic mass is 9.61. The second-order valence-electron chi connectivity index (χ2n) is 11.6. The minimum Gasteiger partial charge on any atom is -0.393 e. The van der Waals surface area contributed by atoms with Gasteiger partial charge in [0.05, 0.1) is 18.8 Å². The molecule has 3 aliphatic carbocycles. The summed E-state index contributed by atoms with van der Waals surface area (Å²) in [6, 6.07) is 10.0. The molecule has 0 heterocycles. The molecule has 206 valence electrons. The zero-order valence-corrected chi connectivity index (χ0v) is 23.1. The molecule has 5 nitrogen and oxygen atoms in total. The number of aliphatic hydroxyl groups excluding tert-OH is 2. The first-order chi connectivity index (χ1) is 18.3. The standard InChI is InChI=1S/C33H45NO4/c1-5-18-38-34-31(26-10-7-6-8-11-26)22-37-21-23(2)29-15-16-30-25(12-9-17-33(29,30)4)13-14-27-19-28(35)20-32(36)24(27)3/h5-8,10-11,13-14,23,28-30,32,35-36H,1,3,9,12,15-22H2,2,4H3/b25-13+,27-14-,34-31-/t23-,28-,29-,30+,32+,33-/m1/s1. The van der Waals surface area contributed by atoms with E-state index in [2.05, 4.69) is 44.3 Å². The molecular weight excluding hydrogens is 474 g/mol. The van der Waals surface area contributed by atoms with Crippen LogP contribution in [0.5, 0.6) is 0 Å². The van der Waals surface area contributed by atoms with Gasteiger partial charge < -0.3 is 19.8 Å². The van der Waals surface area contributed by atoms with Crippen LogP contribution in [0.15, 0.2) is 83.6 Å². The number of fused-ring (bicyclic) bond motifs is 1. The number of aliphatic hydroxyl groups is 2. The normalized spacial score (nSPS) is 32.8. The first kappa shape index (κ1) is 28.5. The van der Waals surface area contributed by atoms with Crippen molar-refractivity contribution in [3.8, 4) is 0 Å². The van der Waals surface area contributed by atoms with Crippen LogP contribution < -0.4 is 0 Å². The van der Waals surface area contributed by atoms with Gasteiger partial charge in [0, 0.05) is 18.6 Å². The Balaban J connectivity index is 1.40. The molecular formula is C33H45NO4. The lowest BCUT2D eigenvalue weighted by Crippen LogP contribution is -2.37. The van der Waals surface area contributed by atoms with E-state index in [1.54, 1.807) is 6.08 Å². The Labute approximate surface area is 228 Å². The van der Waals surface area contributed by atoms with Crippen molar-refractivity contribution in [2.45, 2.75) is 71.0 Å². The summed E-state index contributed by atoms with van der Waals surface area (Å²) in [5.74, 6) is 1.62. The van der Waals surface area contributed by atoms with Gasteiger partial charge in [0.25, 0.3) is 0 Å². The number of hydrogen-bond acceptors (Lipinski definition) is 5.